The summed E-state index contributed by atoms with van der Waals surface area (Å²) >= 11 is 0. The van der Waals surface area contributed by atoms with Gasteiger partial charge in [0.15, 0.2) is 0 Å². The first-order valence-electron chi connectivity index (χ1n) is 8.46. The Hall–Kier alpha value is -1.79. The summed E-state index contributed by atoms with van der Waals surface area (Å²) in [5.74, 6) is 0.400. The molecule has 2 amide bonds. The standard InChI is InChI=1S/C18H29N3O3.ClH/c1-5-19-13(3)12-20-18(23)11-16(21-14(4)22)15-9-7-8-10-17(15)24-6-2;/h7-10,13,16,19H,5-6,11-12H2,1-4H3,(H,20,23)(H,21,22);1H/t13-,16?;/m1./s1. The lowest BCUT2D eigenvalue weighted by Gasteiger charge is -2.21. The molecule has 0 spiro atoms. The fourth-order valence-electron chi connectivity index (χ4n) is 2.48. The van der Waals surface area contributed by atoms with E-state index >= 15 is 0 Å². The van der Waals surface area contributed by atoms with E-state index < -0.39 is 6.04 Å². The van der Waals surface area contributed by atoms with E-state index in [1.165, 1.54) is 6.92 Å². The first-order chi connectivity index (χ1) is 11.5. The van der Waals surface area contributed by atoms with Gasteiger partial charge in [-0.15, -0.1) is 12.4 Å². The van der Waals surface area contributed by atoms with Crippen molar-refractivity contribution in [1.82, 2.24) is 16.0 Å². The highest BCUT2D eigenvalue weighted by molar-refractivity contribution is 5.85. The average Bonchev–Trinajstić information content (AvgIpc) is 2.53. The maximum atomic E-state index is 12.3. The lowest BCUT2D eigenvalue weighted by molar-refractivity contribution is -0.122. The third kappa shape index (κ3) is 8.74. The van der Waals surface area contributed by atoms with Crippen molar-refractivity contribution in [1.29, 1.82) is 0 Å². The Kier molecular flexibility index (Phi) is 11.7. The highest BCUT2D eigenvalue weighted by atomic mass is 35.5. The molecule has 7 heteroatoms. The van der Waals surface area contributed by atoms with Gasteiger partial charge in [-0.2, -0.15) is 0 Å². The first kappa shape index (κ1) is 23.2. The monoisotopic (exact) mass is 371 g/mol. The van der Waals surface area contributed by atoms with Gasteiger partial charge in [-0.3, -0.25) is 9.59 Å². The molecule has 6 nitrogen and oxygen atoms in total. The maximum absolute atomic E-state index is 12.3. The van der Waals surface area contributed by atoms with Gasteiger partial charge in [0.2, 0.25) is 11.8 Å². The molecule has 2 atom stereocenters. The molecule has 0 saturated heterocycles. The van der Waals surface area contributed by atoms with E-state index in [9.17, 15) is 9.59 Å². The number of ether oxygens (including phenoxy) is 1. The Balaban J connectivity index is 0.00000576. The van der Waals surface area contributed by atoms with Gasteiger partial charge in [-0.05, 0) is 26.5 Å². The Morgan fingerprint density at radius 1 is 1.20 bits per heavy atom. The third-order valence-corrected chi connectivity index (χ3v) is 3.52. The van der Waals surface area contributed by atoms with Crippen LogP contribution in [0.15, 0.2) is 24.3 Å². The molecule has 25 heavy (non-hydrogen) atoms. The molecule has 142 valence electrons. The van der Waals surface area contributed by atoms with Crippen LogP contribution in [0.25, 0.3) is 0 Å². The number of hydrogen-bond donors (Lipinski definition) is 3. The summed E-state index contributed by atoms with van der Waals surface area (Å²) in [5.41, 5.74) is 0.810. The quantitative estimate of drug-likeness (QED) is 0.589. The normalized spacial score (nSPS) is 12.5. The predicted octanol–water partition coefficient (Wildman–Crippen LogP) is 2.19. The van der Waals surface area contributed by atoms with Crippen LogP contribution in [0.3, 0.4) is 0 Å². The van der Waals surface area contributed by atoms with Gasteiger partial charge in [0.25, 0.3) is 0 Å². The smallest absolute Gasteiger partial charge is 0.222 e. The van der Waals surface area contributed by atoms with E-state index in [4.69, 9.17) is 4.74 Å². The fraction of sp³-hybridized carbons (Fsp3) is 0.556. The molecular weight excluding hydrogens is 342 g/mol. The molecule has 1 unspecified atom stereocenters. The number of carbonyl (C=O) groups excluding carboxylic acids is 2. The Morgan fingerprint density at radius 3 is 2.48 bits per heavy atom. The van der Waals surface area contributed by atoms with Crippen molar-refractivity contribution < 1.29 is 14.3 Å². The molecule has 1 rings (SSSR count). The van der Waals surface area contributed by atoms with E-state index in [0.29, 0.717) is 18.9 Å². The summed E-state index contributed by atoms with van der Waals surface area (Å²) in [4.78, 5) is 23.8. The molecule has 0 aliphatic heterocycles. The van der Waals surface area contributed by atoms with Crippen molar-refractivity contribution in [3.05, 3.63) is 29.8 Å². The highest BCUT2D eigenvalue weighted by Crippen LogP contribution is 2.27. The number of rotatable bonds is 10. The van der Waals surface area contributed by atoms with Crippen LogP contribution < -0.4 is 20.7 Å². The third-order valence-electron chi connectivity index (χ3n) is 3.52. The van der Waals surface area contributed by atoms with Gasteiger partial charge in [-0.1, -0.05) is 25.1 Å². The van der Waals surface area contributed by atoms with E-state index in [1.54, 1.807) is 0 Å². The number of para-hydroxylation sites is 1. The molecule has 0 bridgehead atoms. The predicted molar refractivity (Wildman–Crippen MR) is 102 cm³/mol. The lowest BCUT2D eigenvalue weighted by Crippen LogP contribution is -2.40. The van der Waals surface area contributed by atoms with Crippen molar-refractivity contribution in [3.63, 3.8) is 0 Å². The van der Waals surface area contributed by atoms with Crippen LogP contribution in [-0.4, -0.2) is 37.6 Å². The topological polar surface area (TPSA) is 79.5 Å². The summed E-state index contributed by atoms with van der Waals surface area (Å²) < 4.78 is 5.62. The van der Waals surface area contributed by atoms with Gasteiger partial charge in [0.1, 0.15) is 5.75 Å². The molecule has 3 N–H and O–H groups in total. The van der Waals surface area contributed by atoms with Crippen LogP contribution in [0.2, 0.25) is 0 Å². The zero-order valence-corrected chi connectivity index (χ0v) is 16.2. The van der Waals surface area contributed by atoms with Gasteiger partial charge in [0.05, 0.1) is 19.1 Å². The minimum atomic E-state index is -0.417. The second kappa shape index (κ2) is 12.6. The lowest BCUT2D eigenvalue weighted by atomic mass is 10.0. The highest BCUT2D eigenvalue weighted by Gasteiger charge is 2.20. The number of benzene rings is 1. The van der Waals surface area contributed by atoms with E-state index in [0.717, 1.165) is 12.1 Å². The van der Waals surface area contributed by atoms with Crippen LogP contribution in [0.5, 0.6) is 5.75 Å². The molecule has 1 aromatic carbocycles. The molecule has 0 fully saturated rings. The van der Waals surface area contributed by atoms with Crippen molar-refractivity contribution in [2.24, 2.45) is 0 Å². The van der Waals surface area contributed by atoms with Crippen LogP contribution in [0.4, 0.5) is 0 Å². The summed E-state index contributed by atoms with van der Waals surface area (Å²) in [7, 11) is 0. The van der Waals surface area contributed by atoms with Crippen LogP contribution in [-0.2, 0) is 9.59 Å². The Morgan fingerprint density at radius 2 is 1.88 bits per heavy atom. The summed E-state index contributed by atoms with van der Waals surface area (Å²) in [6.45, 7) is 9.31. The fourth-order valence-corrected chi connectivity index (χ4v) is 2.48. The van der Waals surface area contributed by atoms with Gasteiger partial charge in [-0.25, -0.2) is 0 Å². The van der Waals surface area contributed by atoms with Gasteiger partial charge < -0.3 is 20.7 Å². The Labute approximate surface area is 156 Å². The average molecular weight is 372 g/mol. The second-order valence-electron chi connectivity index (χ2n) is 5.69. The van der Waals surface area contributed by atoms with Crippen LogP contribution >= 0.6 is 12.4 Å². The zero-order valence-electron chi connectivity index (χ0n) is 15.4. The van der Waals surface area contributed by atoms with Gasteiger partial charge in [0, 0.05) is 25.1 Å². The Bertz CT molecular complexity index is 540. The van der Waals surface area contributed by atoms with Crippen molar-refractivity contribution in [3.8, 4) is 5.75 Å². The largest absolute Gasteiger partial charge is 0.494 e. The second-order valence-corrected chi connectivity index (χ2v) is 5.69. The van der Waals surface area contributed by atoms with Crippen molar-refractivity contribution in [2.45, 2.75) is 46.2 Å². The number of likely N-dealkylation sites (N-methyl/N-ethyl adjacent to an activating group) is 1. The van der Waals surface area contributed by atoms with E-state index in [2.05, 4.69) is 16.0 Å². The minimum Gasteiger partial charge on any atom is -0.494 e. The summed E-state index contributed by atoms with van der Waals surface area (Å²) in [6.07, 6.45) is 0.169. The molecule has 1 aromatic rings. The molecule has 0 heterocycles. The number of amides is 2. The minimum absolute atomic E-state index is 0. The maximum Gasteiger partial charge on any atom is 0.222 e. The molecule has 0 aliphatic carbocycles. The zero-order chi connectivity index (χ0) is 17.9. The van der Waals surface area contributed by atoms with Crippen LogP contribution in [0.1, 0.15) is 45.7 Å². The number of halogens is 1. The SMILES string of the molecule is CCN[C@H](C)CNC(=O)CC(NC(C)=O)c1ccccc1OCC.Cl. The van der Waals surface area contributed by atoms with Crippen molar-refractivity contribution in [2.75, 3.05) is 19.7 Å². The molecular formula is C18H30ClN3O3. The molecule has 0 aromatic heterocycles. The number of carbonyl (C=O) groups is 2. The number of hydrogen-bond acceptors (Lipinski definition) is 4. The first-order valence-corrected chi connectivity index (χ1v) is 8.46. The summed E-state index contributed by atoms with van der Waals surface area (Å²) in [5, 5.41) is 8.98. The molecule has 0 aliphatic rings. The van der Waals surface area contributed by atoms with Gasteiger partial charge >= 0.3 is 0 Å². The molecule has 0 radical (unpaired) electrons. The molecule has 0 saturated carbocycles. The van der Waals surface area contributed by atoms with Crippen LogP contribution in [0, 0.1) is 0 Å². The van der Waals surface area contributed by atoms with E-state index in [1.807, 2.05) is 45.0 Å². The van der Waals surface area contributed by atoms with E-state index in [-0.39, 0.29) is 36.7 Å². The number of nitrogens with one attached hydrogen (secondary N) is 3. The summed E-state index contributed by atoms with van der Waals surface area (Å²) in [6, 6.07) is 7.25. The van der Waals surface area contributed by atoms with Crippen molar-refractivity contribution >= 4 is 24.2 Å².